The lowest BCUT2D eigenvalue weighted by molar-refractivity contribution is 0.143. The number of methoxy groups -OCH3 is 1. The van der Waals surface area contributed by atoms with Crippen LogP contribution < -0.4 is 15.4 Å². The molecule has 2 N–H and O–H groups in total. The summed E-state index contributed by atoms with van der Waals surface area (Å²) in [5.41, 5.74) is 3.60. The van der Waals surface area contributed by atoms with Crippen LogP contribution in [0.1, 0.15) is 23.6 Å². The zero-order valence-corrected chi connectivity index (χ0v) is 18.5. The van der Waals surface area contributed by atoms with Gasteiger partial charge in [-0.25, -0.2) is 4.98 Å². The van der Waals surface area contributed by atoms with Crippen LogP contribution in [0.5, 0.6) is 5.88 Å². The van der Waals surface area contributed by atoms with Crippen LogP contribution >= 0.6 is 24.0 Å². The molecule has 0 saturated heterocycles. The highest BCUT2D eigenvalue weighted by Gasteiger charge is 2.07. The Balaban J connectivity index is 0.00000364. The van der Waals surface area contributed by atoms with Crippen LogP contribution in [0.3, 0.4) is 0 Å². The lowest BCUT2D eigenvalue weighted by Gasteiger charge is -2.15. The molecule has 0 aliphatic carbocycles. The van der Waals surface area contributed by atoms with Crippen molar-refractivity contribution in [3.8, 4) is 5.88 Å². The lowest BCUT2D eigenvalue weighted by atomic mass is 10.1. The Kier molecular flexibility index (Phi) is 11.4. The van der Waals surface area contributed by atoms with E-state index in [-0.39, 0.29) is 24.0 Å². The number of hydrogen-bond acceptors (Lipinski definition) is 4. The van der Waals surface area contributed by atoms with E-state index in [1.54, 1.807) is 20.4 Å². The van der Waals surface area contributed by atoms with E-state index >= 15 is 0 Å². The summed E-state index contributed by atoms with van der Waals surface area (Å²) in [6, 6.07) is 12.3. The fourth-order valence-corrected chi connectivity index (χ4v) is 2.56. The van der Waals surface area contributed by atoms with Gasteiger partial charge in [0.25, 0.3) is 0 Å². The van der Waals surface area contributed by atoms with E-state index in [9.17, 15) is 0 Å². The van der Waals surface area contributed by atoms with Crippen molar-refractivity contribution >= 4 is 29.9 Å². The van der Waals surface area contributed by atoms with E-state index in [1.165, 1.54) is 11.1 Å². The second-order valence-corrected chi connectivity index (χ2v) is 5.71. The van der Waals surface area contributed by atoms with Gasteiger partial charge in [0.2, 0.25) is 5.88 Å². The average molecular weight is 484 g/mol. The highest BCUT2D eigenvalue weighted by molar-refractivity contribution is 14.0. The molecule has 0 atom stereocenters. The quantitative estimate of drug-likeness (QED) is 0.248. The zero-order chi connectivity index (χ0) is 18.6. The molecule has 0 saturated carbocycles. The van der Waals surface area contributed by atoms with Gasteiger partial charge in [-0.05, 0) is 23.6 Å². The Morgan fingerprint density at radius 1 is 1.00 bits per heavy atom. The summed E-state index contributed by atoms with van der Waals surface area (Å²) in [4.78, 5) is 8.58. The molecule has 0 amide bonds. The number of rotatable bonds is 9. The largest absolute Gasteiger partial charge is 0.475 e. The number of nitrogens with one attached hydrogen (secondary N) is 2. The smallest absolute Gasteiger partial charge is 0.218 e. The SMILES string of the molecule is CCc1ccccc1CNC(=NC)NCc1cccnc1OCCOC.I. The Labute approximate surface area is 178 Å². The third-order valence-electron chi connectivity index (χ3n) is 3.99. The van der Waals surface area contributed by atoms with Crippen LogP contribution in [0.2, 0.25) is 0 Å². The molecule has 7 heteroatoms. The number of aryl methyl sites for hydroxylation is 1. The number of aliphatic imine (C=N–C) groups is 1. The molecule has 1 heterocycles. The summed E-state index contributed by atoms with van der Waals surface area (Å²) in [7, 11) is 3.41. The van der Waals surface area contributed by atoms with Gasteiger partial charge in [-0.2, -0.15) is 0 Å². The van der Waals surface area contributed by atoms with Crippen LogP contribution in [-0.4, -0.2) is 38.3 Å². The predicted octanol–water partition coefficient (Wildman–Crippen LogP) is 3.15. The second kappa shape index (κ2) is 13.3. The third-order valence-corrected chi connectivity index (χ3v) is 3.99. The molecule has 148 valence electrons. The van der Waals surface area contributed by atoms with Gasteiger partial charge >= 0.3 is 0 Å². The fourth-order valence-electron chi connectivity index (χ4n) is 2.56. The van der Waals surface area contributed by atoms with Gasteiger partial charge in [-0.15, -0.1) is 24.0 Å². The summed E-state index contributed by atoms with van der Waals surface area (Å²) in [6.45, 7) is 4.48. The second-order valence-electron chi connectivity index (χ2n) is 5.71. The number of aromatic nitrogens is 1. The van der Waals surface area contributed by atoms with Gasteiger partial charge < -0.3 is 20.1 Å². The normalized spacial score (nSPS) is 10.9. The minimum absolute atomic E-state index is 0. The highest BCUT2D eigenvalue weighted by Crippen LogP contribution is 2.14. The van der Waals surface area contributed by atoms with E-state index in [1.807, 2.05) is 12.1 Å². The van der Waals surface area contributed by atoms with Crippen molar-refractivity contribution in [1.29, 1.82) is 0 Å². The molecule has 6 nitrogen and oxygen atoms in total. The predicted molar refractivity (Wildman–Crippen MR) is 120 cm³/mol. The van der Waals surface area contributed by atoms with Gasteiger partial charge in [0.05, 0.1) is 6.61 Å². The summed E-state index contributed by atoms with van der Waals surface area (Å²) in [6.07, 6.45) is 2.74. The van der Waals surface area contributed by atoms with Gasteiger partial charge in [0.15, 0.2) is 5.96 Å². The van der Waals surface area contributed by atoms with E-state index in [0.29, 0.717) is 25.6 Å². The molecule has 0 bridgehead atoms. The maximum absolute atomic E-state index is 5.67. The number of ether oxygens (including phenoxy) is 2. The maximum atomic E-state index is 5.67. The monoisotopic (exact) mass is 484 g/mol. The van der Waals surface area contributed by atoms with Crippen LogP contribution in [-0.2, 0) is 24.2 Å². The maximum Gasteiger partial charge on any atom is 0.218 e. The Hall–Kier alpha value is -1.87. The Bertz CT molecular complexity index is 710. The number of nitrogens with zero attached hydrogens (tertiary/aromatic N) is 2. The molecule has 0 fully saturated rings. The lowest BCUT2D eigenvalue weighted by Crippen LogP contribution is -2.36. The van der Waals surface area contributed by atoms with Crippen molar-refractivity contribution < 1.29 is 9.47 Å². The van der Waals surface area contributed by atoms with E-state index in [4.69, 9.17) is 9.47 Å². The van der Waals surface area contributed by atoms with Crippen molar-refractivity contribution in [2.24, 2.45) is 4.99 Å². The van der Waals surface area contributed by atoms with Gasteiger partial charge in [0.1, 0.15) is 6.61 Å². The van der Waals surface area contributed by atoms with Crippen molar-refractivity contribution in [1.82, 2.24) is 15.6 Å². The van der Waals surface area contributed by atoms with E-state index < -0.39 is 0 Å². The molecular weight excluding hydrogens is 455 g/mol. The summed E-state index contributed by atoms with van der Waals surface area (Å²) in [5.74, 6) is 1.35. The van der Waals surface area contributed by atoms with Gasteiger partial charge in [-0.3, -0.25) is 4.99 Å². The van der Waals surface area contributed by atoms with E-state index in [2.05, 4.69) is 51.8 Å². The molecule has 0 spiro atoms. The highest BCUT2D eigenvalue weighted by atomic mass is 127. The van der Waals surface area contributed by atoms with Gasteiger partial charge in [-0.1, -0.05) is 37.3 Å². The van der Waals surface area contributed by atoms with Crippen LogP contribution in [0.15, 0.2) is 47.6 Å². The molecule has 1 aromatic carbocycles. The Morgan fingerprint density at radius 2 is 1.67 bits per heavy atom. The molecule has 2 rings (SSSR count). The zero-order valence-electron chi connectivity index (χ0n) is 16.2. The molecule has 0 unspecified atom stereocenters. The number of pyridine rings is 1. The number of benzene rings is 1. The minimum Gasteiger partial charge on any atom is -0.475 e. The fraction of sp³-hybridized carbons (Fsp3) is 0.400. The molecule has 0 aliphatic heterocycles. The first-order chi connectivity index (χ1) is 12.8. The Morgan fingerprint density at radius 3 is 2.33 bits per heavy atom. The first-order valence-corrected chi connectivity index (χ1v) is 8.85. The van der Waals surface area contributed by atoms with Crippen LogP contribution in [0, 0.1) is 0 Å². The molecule has 2 aromatic rings. The molecule has 1 aromatic heterocycles. The number of guanidine groups is 1. The van der Waals surface area contributed by atoms with Crippen molar-refractivity contribution in [2.75, 3.05) is 27.4 Å². The van der Waals surface area contributed by atoms with Gasteiger partial charge in [0, 0.05) is 39.0 Å². The minimum atomic E-state index is 0. The van der Waals surface area contributed by atoms with Crippen LogP contribution in [0.25, 0.3) is 0 Å². The summed E-state index contributed by atoms with van der Waals surface area (Å²) >= 11 is 0. The average Bonchev–Trinajstić information content (AvgIpc) is 2.69. The van der Waals surface area contributed by atoms with Crippen molar-refractivity contribution in [3.63, 3.8) is 0 Å². The van der Waals surface area contributed by atoms with Crippen molar-refractivity contribution in [3.05, 3.63) is 59.3 Å². The molecular formula is C20H29IN4O2. The standard InChI is InChI=1S/C20H28N4O2.HI/c1-4-16-8-5-6-9-17(16)14-23-20(21-2)24-15-18-10-7-11-22-19(18)26-13-12-25-3;/h5-11H,4,12-15H2,1-3H3,(H2,21,23,24);1H. The first kappa shape index (κ1) is 23.2. The summed E-state index contributed by atoms with van der Waals surface area (Å²) < 4.78 is 10.7. The molecule has 27 heavy (non-hydrogen) atoms. The summed E-state index contributed by atoms with van der Waals surface area (Å²) in [5, 5.41) is 6.67. The first-order valence-electron chi connectivity index (χ1n) is 8.85. The molecule has 0 radical (unpaired) electrons. The van der Waals surface area contributed by atoms with Crippen LogP contribution in [0.4, 0.5) is 0 Å². The molecule has 0 aliphatic rings. The van der Waals surface area contributed by atoms with E-state index in [0.717, 1.165) is 24.5 Å². The number of halogens is 1. The number of hydrogen-bond donors (Lipinski definition) is 2. The topological polar surface area (TPSA) is 67.8 Å². The van der Waals surface area contributed by atoms with Crippen molar-refractivity contribution in [2.45, 2.75) is 26.4 Å². The third kappa shape index (κ3) is 7.72.